The molecule has 0 fully saturated rings. The first-order valence-corrected chi connectivity index (χ1v) is 7.13. The molecule has 2 nitrogen and oxygen atoms in total. The third kappa shape index (κ3) is 4.06. The molecule has 0 aliphatic rings. The first-order valence-electron chi connectivity index (χ1n) is 7.13. The van der Waals surface area contributed by atoms with Crippen LogP contribution in [0.3, 0.4) is 0 Å². The molecule has 0 amide bonds. The van der Waals surface area contributed by atoms with E-state index in [1.807, 2.05) is 42.5 Å². The molecule has 0 aromatic heterocycles. The molecule has 108 valence electrons. The van der Waals surface area contributed by atoms with Crippen molar-refractivity contribution in [2.45, 2.75) is 19.8 Å². The predicted molar refractivity (Wildman–Crippen MR) is 86.0 cm³/mol. The van der Waals surface area contributed by atoms with Crippen molar-refractivity contribution in [1.82, 2.24) is 0 Å². The summed E-state index contributed by atoms with van der Waals surface area (Å²) in [7, 11) is 0. The number of Topliss-reactive ketones (excluding diaryl/α,β-unsaturated/α-hetero) is 1. The van der Waals surface area contributed by atoms with Crippen LogP contribution in [0.2, 0.25) is 0 Å². The van der Waals surface area contributed by atoms with Gasteiger partial charge in [-0.1, -0.05) is 48.5 Å². The quantitative estimate of drug-likeness (QED) is 0.560. The van der Waals surface area contributed by atoms with Gasteiger partial charge in [0.2, 0.25) is 0 Å². The highest BCUT2D eigenvalue weighted by atomic mass is 16.5. The minimum Gasteiger partial charge on any atom is -0.492 e. The highest BCUT2D eigenvalue weighted by Crippen LogP contribution is 2.25. The lowest BCUT2D eigenvalue weighted by Crippen LogP contribution is -2.07. The molecule has 0 aliphatic carbocycles. The largest absolute Gasteiger partial charge is 0.492 e. The van der Waals surface area contributed by atoms with Crippen LogP contribution in [-0.4, -0.2) is 12.4 Å². The summed E-state index contributed by atoms with van der Waals surface area (Å²) in [6.45, 7) is 5.88. The second kappa shape index (κ2) is 7.44. The highest BCUT2D eigenvalue weighted by Gasteiger charge is 2.12. The molecule has 21 heavy (non-hydrogen) atoms. The summed E-state index contributed by atoms with van der Waals surface area (Å²) >= 11 is 0. The fourth-order valence-corrected chi connectivity index (χ4v) is 2.26. The van der Waals surface area contributed by atoms with Crippen molar-refractivity contribution in [3.05, 3.63) is 77.9 Å². The molecule has 2 aromatic carbocycles. The Morgan fingerprint density at radius 2 is 1.90 bits per heavy atom. The minimum absolute atomic E-state index is 0.0237. The molecule has 0 spiro atoms. The van der Waals surface area contributed by atoms with Crippen LogP contribution in [0.4, 0.5) is 0 Å². The molecule has 0 bridgehead atoms. The van der Waals surface area contributed by atoms with Crippen molar-refractivity contribution < 1.29 is 9.53 Å². The zero-order valence-electron chi connectivity index (χ0n) is 12.3. The first kappa shape index (κ1) is 15.0. The summed E-state index contributed by atoms with van der Waals surface area (Å²) in [5.74, 6) is 0.719. The molecule has 0 radical (unpaired) electrons. The maximum absolute atomic E-state index is 11.7. The Morgan fingerprint density at radius 1 is 1.14 bits per heavy atom. The van der Waals surface area contributed by atoms with E-state index in [0.717, 1.165) is 12.0 Å². The lowest BCUT2D eigenvalue weighted by molar-refractivity contribution is 0.101. The van der Waals surface area contributed by atoms with E-state index >= 15 is 0 Å². The Labute approximate surface area is 126 Å². The van der Waals surface area contributed by atoms with Gasteiger partial charge < -0.3 is 4.74 Å². The number of para-hydroxylation sites is 1. The fourth-order valence-electron chi connectivity index (χ4n) is 2.26. The summed E-state index contributed by atoms with van der Waals surface area (Å²) in [4.78, 5) is 11.7. The van der Waals surface area contributed by atoms with Crippen LogP contribution in [0.5, 0.6) is 5.75 Å². The van der Waals surface area contributed by atoms with E-state index in [-0.39, 0.29) is 5.78 Å². The lowest BCUT2D eigenvalue weighted by Gasteiger charge is -2.14. The number of allylic oxidation sites excluding steroid dienone is 1. The van der Waals surface area contributed by atoms with Crippen molar-refractivity contribution >= 4 is 5.78 Å². The van der Waals surface area contributed by atoms with Crippen LogP contribution in [-0.2, 0) is 12.8 Å². The Morgan fingerprint density at radius 3 is 2.57 bits per heavy atom. The summed E-state index contributed by atoms with van der Waals surface area (Å²) in [5.41, 5.74) is 2.87. The topological polar surface area (TPSA) is 26.3 Å². The van der Waals surface area contributed by atoms with Gasteiger partial charge in [-0.3, -0.25) is 4.79 Å². The van der Waals surface area contributed by atoms with E-state index in [2.05, 4.69) is 18.7 Å². The molecule has 2 heteroatoms. The number of carbonyl (C=O) groups is 1. The molecule has 0 heterocycles. The zero-order valence-corrected chi connectivity index (χ0v) is 12.3. The fraction of sp³-hybridized carbons (Fsp3) is 0.211. The van der Waals surface area contributed by atoms with Gasteiger partial charge in [0.05, 0.1) is 12.2 Å². The first-order chi connectivity index (χ1) is 10.2. The standard InChI is InChI=1S/C19H20O2/c1-3-8-17-11-7-12-18(15(2)20)19(17)21-14-13-16-9-5-4-6-10-16/h3-7,9-12H,1,8,13-14H2,2H3. The van der Waals surface area contributed by atoms with Gasteiger partial charge in [-0.15, -0.1) is 6.58 Å². The Hall–Kier alpha value is -2.35. The van der Waals surface area contributed by atoms with E-state index in [4.69, 9.17) is 4.74 Å². The minimum atomic E-state index is 0.0237. The van der Waals surface area contributed by atoms with Crippen LogP contribution in [0.25, 0.3) is 0 Å². The smallest absolute Gasteiger partial charge is 0.163 e. The number of carbonyl (C=O) groups excluding carboxylic acids is 1. The lowest BCUT2D eigenvalue weighted by atomic mass is 10.0. The van der Waals surface area contributed by atoms with Gasteiger partial charge in [-0.2, -0.15) is 0 Å². The third-order valence-corrected chi connectivity index (χ3v) is 3.32. The van der Waals surface area contributed by atoms with Crippen molar-refractivity contribution in [3.8, 4) is 5.75 Å². The third-order valence-electron chi connectivity index (χ3n) is 3.32. The average molecular weight is 280 g/mol. The van der Waals surface area contributed by atoms with Crippen LogP contribution in [0, 0.1) is 0 Å². The maximum atomic E-state index is 11.7. The van der Waals surface area contributed by atoms with Crippen molar-refractivity contribution in [2.75, 3.05) is 6.61 Å². The molecule has 0 aliphatic heterocycles. The normalized spacial score (nSPS) is 10.1. The number of rotatable bonds is 7. The van der Waals surface area contributed by atoms with Gasteiger partial charge in [0.1, 0.15) is 5.75 Å². The molecule has 0 atom stereocenters. The molecular formula is C19H20O2. The molecule has 0 saturated heterocycles. The summed E-state index contributed by atoms with van der Waals surface area (Å²) in [6, 6.07) is 15.9. The molecule has 0 N–H and O–H groups in total. The molecule has 0 saturated carbocycles. The second-order valence-corrected chi connectivity index (χ2v) is 4.93. The molecular weight excluding hydrogens is 260 g/mol. The molecule has 2 rings (SSSR count). The van der Waals surface area contributed by atoms with Crippen LogP contribution < -0.4 is 4.74 Å². The van der Waals surface area contributed by atoms with E-state index < -0.39 is 0 Å². The van der Waals surface area contributed by atoms with E-state index in [1.165, 1.54) is 5.56 Å². The second-order valence-electron chi connectivity index (χ2n) is 4.93. The Bertz CT molecular complexity index is 615. The van der Waals surface area contributed by atoms with Crippen LogP contribution in [0.1, 0.15) is 28.4 Å². The summed E-state index contributed by atoms with van der Waals surface area (Å²) < 4.78 is 5.92. The number of ketones is 1. The number of hydrogen-bond acceptors (Lipinski definition) is 2. The summed E-state index contributed by atoms with van der Waals surface area (Å²) in [6.07, 6.45) is 3.34. The Kier molecular flexibility index (Phi) is 5.33. The van der Waals surface area contributed by atoms with Gasteiger partial charge in [-0.25, -0.2) is 0 Å². The van der Waals surface area contributed by atoms with Gasteiger partial charge in [-0.05, 0) is 30.5 Å². The van der Waals surface area contributed by atoms with E-state index in [0.29, 0.717) is 24.3 Å². The van der Waals surface area contributed by atoms with Crippen LogP contribution >= 0.6 is 0 Å². The predicted octanol–water partition coefficient (Wildman–Crippen LogP) is 4.24. The van der Waals surface area contributed by atoms with E-state index in [9.17, 15) is 4.79 Å². The van der Waals surface area contributed by atoms with E-state index in [1.54, 1.807) is 6.92 Å². The van der Waals surface area contributed by atoms with Gasteiger partial charge in [0.15, 0.2) is 5.78 Å². The molecule has 0 unspecified atom stereocenters. The summed E-state index contributed by atoms with van der Waals surface area (Å²) in [5, 5.41) is 0. The number of hydrogen-bond donors (Lipinski definition) is 0. The van der Waals surface area contributed by atoms with Crippen molar-refractivity contribution in [3.63, 3.8) is 0 Å². The average Bonchev–Trinajstić information content (AvgIpc) is 2.49. The van der Waals surface area contributed by atoms with Gasteiger partial charge in [0.25, 0.3) is 0 Å². The molecule has 2 aromatic rings. The van der Waals surface area contributed by atoms with Crippen molar-refractivity contribution in [1.29, 1.82) is 0 Å². The van der Waals surface area contributed by atoms with Gasteiger partial charge >= 0.3 is 0 Å². The maximum Gasteiger partial charge on any atom is 0.163 e. The number of ether oxygens (including phenoxy) is 1. The Balaban J connectivity index is 2.13. The van der Waals surface area contributed by atoms with Crippen molar-refractivity contribution in [2.24, 2.45) is 0 Å². The monoisotopic (exact) mass is 280 g/mol. The number of benzene rings is 2. The zero-order chi connectivity index (χ0) is 15.1. The van der Waals surface area contributed by atoms with Crippen LogP contribution in [0.15, 0.2) is 61.2 Å². The SMILES string of the molecule is C=CCc1cccc(C(C)=O)c1OCCc1ccccc1. The highest BCUT2D eigenvalue weighted by molar-refractivity contribution is 5.97. The van der Waals surface area contributed by atoms with Gasteiger partial charge in [0, 0.05) is 6.42 Å².